The van der Waals surface area contributed by atoms with E-state index in [-0.39, 0.29) is 18.4 Å². The van der Waals surface area contributed by atoms with Gasteiger partial charge in [0.1, 0.15) is 0 Å². The number of hydrogen-bond acceptors (Lipinski definition) is 6. The fourth-order valence-corrected chi connectivity index (χ4v) is 3.77. The summed E-state index contributed by atoms with van der Waals surface area (Å²) in [4.78, 5) is 31.8. The van der Waals surface area contributed by atoms with Crippen LogP contribution in [-0.2, 0) is 16.1 Å². The van der Waals surface area contributed by atoms with Gasteiger partial charge in [-0.15, -0.1) is 11.8 Å². The molecule has 0 spiro atoms. The highest BCUT2D eigenvalue weighted by atomic mass is 32.2. The highest BCUT2D eigenvalue weighted by molar-refractivity contribution is 8.04. The molecule has 2 aromatic rings. The van der Waals surface area contributed by atoms with Gasteiger partial charge in [-0.2, -0.15) is 0 Å². The second-order valence-electron chi connectivity index (χ2n) is 5.76. The number of thioether (sulfide) groups is 1. The number of ether oxygens (including phenoxy) is 2. The highest BCUT2D eigenvalue weighted by Crippen LogP contribution is 2.39. The summed E-state index contributed by atoms with van der Waals surface area (Å²) in [7, 11) is 3.09. The van der Waals surface area contributed by atoms with Gasteiger partial charge in [-0.05, 0) is 35.1 Å². The first kappa shape index (κ1) is 19.0. The van der Waals surface area contributed by atoms with Crippen molar-refractivity contribution in [3.63, 3.8) is 0 Å². The SMILES string of the molecule is CCSC1=C(c2ccc(OC)c(OC)c2)C(=O)N(Cc2cccnc2)C1=O. The first-order valence-corrected chi connectivity index (χ1v) is 9.43. The number of carbonyl (C=O) groups is 2. The van der Waals surface area contributed by atoms with Crippen LogP contribution >= 0.6 is 11.8 Å². The van der Waals surface area contributed by atoms with Crippen molar-refractivity contribution >= 4 is 29.1 Å². The largest absolute Gasteiger partial charge is 0.493 e. The summed E-state index contributed by atoms with van der Waals surface area (Å²) in [5, 5.41) is 0. The molecule has 140 valence electrons. The van der Waals surface area contributed by atoms with Crippen molar-refractivity contribution in [1.29, 1.82) is 0 Å². The zero-order valence-electron chi connectivity index (χ0n) is 15.4. The third kappa shape index (κ3) is 3.68. The molecule has 1 aliphatic rings. The summed E-state index contributed by atoms with van der Waals surface area (Å²) in [6.07, 6.45) is 3.31. The Morgan fingerprint density at radius 2 is 1.85 bits per heavy atom. The fraction of sp³-hybridized carbons (Fsp3) is 0.250. The van der Waals surface area contributed by atoms with E-state index in [0.717, 1.165) is 5.56 Å². The maximum absolute atomic E-state index is 13.1. The Hall–Kier alpha value is -2.80. The molecule has 0 saturated carbocycles. The van der Waals surface area contributed by atoms with Crippen molar-refractivity contribution in [2.24, 2.45) is 0 Å². The molecule has 0 unspecified atom stereocenters. The molecule has 1 aliphatic heterocycles. The van der Waals surface area contributed by atoms with Crippen LogP contribution in [0, 0.1) is 0 Å². The molecule has 27 heavy (non-hydrogen) atoms. The van der Waals surface area contributed by atoms with Gasteiger partial charge in [-0.3, -0.25) is 19.5 Å². The number of aromatic nitrogens is 1. The molecule has 0 fully saturated rings. The van der Waals surface area contributed by atoms with E-state index < -0.39 is 0 Å². The molecular weight excluding hydrogens is 364 g/mol. The topological polar surface area (TPSA) is 68.7 Å². The zero-order chi connectivity index (χ0) is 19.4. The molecule has 0 bridgehead atoms. The third-order valence-electron chi connectivity index (χ3n) is 4.15. The first-order chi connectivity index (χ1) is 13.1. The van der Waals surface area contributed by atoms with Crippen LogP contribution in [-0.4, -0.2) is 41.7 Å². The van der Waals surface area contributed by atoms with E-state index in [9.17, 15) is 9.59 Å². The molecule has 1 aromatic heterocycles. The maximum atomic E-state index is 13.1. The summed E-state index contributed by atoms with van der Waals surface area (Å²) < 4.78 is 10.6. The zero-order valence-corrected chi connectivity index (χ0v) is 16.2. The van der Waals surface area contributed by atoms with Crippen LogP contribution < -0.4 is 9.47 Å². The smallest absolute Gasteiger partial charge is 0.268 e. The quantitative estimate of drug-likeness (QED) is 0.683. The Morgan fingerprint density at radius 1 is 1.07 bits per heavy atom. The standard InChI is InChI=1S/C20H20N2O4S/c1-4-27-18-17(14-7-8-15(25-2)16(10-14)26-3)19(23)22(20(18)24)12-13-6-5-9-21-11-13/h5-11H,4,12H2,1-3H3. The van der Waals surface area contributed by atoms with Crippen molar-refractivity contribution in [2.45, 2.75) is 13.5 Å². The monoisotopic (exact) mass is 384 g/mol. The molecule has 0 aliphatic carbocycles. The van der Waals surface area contributed by atoms with Crippen molar-refractivity contribution in [3.8, 4) is 11.5 Å². The number of methoxy groups -OCH3 is 2. The molecular formula is C20H20N2O4S. The maximum Gasteiger partial charge on any atom is 0.268 e. The lowest BCUT2D eigenvalue weighted by Crippen LogP contribution is -2.31. The fourth-order valence-electron chi connectivity index (χ4n) is 2.90. The molecule has 2 heterocycles. The Bertz CT molecular complexity index is 896. The molecule has 1 aromatic carbocycles. The second-order valence-corrected chi connectivity index (χ2v) is 7.04. The normalized spacial score (nSPS) is 14.1. The van der Waals surface area contributed by atoms with E-state index in [1.165, 1.54) is 23.8 Å². The number of nitrogens with zero attached hydrogens (tertiary/aromatic N) is 2. The van der Waals surface area contributed by atoms with Crippen LogP contribution in [0.1, 0.15) is 18.1 Å². The average molecular weight is 384 g/mol. The molecule has 0 atom stereocenters. The number of carbonyl (C=O) groups excluding carboxylic acids is 2. The van der Waals surface area contributed by atoms with Crippen LogP contribution in [0.5, 0.6) is 11.5 Å². The molecule has 3 rings (SSSR count). The summed E-state index contributed by atoms with van der Waals surface area (Å²) >= 11 is 1.37. The molecule has 0 N–H and O–H groups in total. The van der Waals surface area contributed by atoms with Gasteiger partial charge in [0.25, 0.3) is 11.8 Å². The number of benzene rings is 1. The minimum Gasteiger partial charge on any atom is -0.493 e. The van der Waals surface area contributed by atoms with Gasteiger partial charge in [-0.25, -0.2) is 0 Å². The summed E-state index contributed by atoms with van der Waals surface area (Å²) in [6, 6.07) is 8.85. The lowest BCUT2D eigenvalue weighted by Gasteiger charge is -2.15. The van der Waals surface area contributed by atoms with Crippen LogP contribution in [0.15, 0.2) is 47.6 Å². The van der Waals surface area contributed by atoms with E-state index in [1.54, 1.807) is 43.8 Å². The van der Waals surface area contributed by atoms with Gasteiger partial charge in [0.05, 0.1) is 31.2 Å². The summed E-state index contributed by atoms with van der Waals surface area (Å²) in [6.45, 7) is 2.14. The van der Waals surface area contributed by atoms with Gasteiger partial charge < -0.3 is 9.47 Å². The molecule has 2 amide bonds. The van der Waals surface area contributed by atoms with Crippen molar-refractivity contribution in [3.05, 3.63) is 58.8 Å². The minimum atomic E-state index is -0.313. The van der Waals surface area contributed by atoms with Crippen LogP contribution in [0.2, 0.25) is 0 Å². The number of rotatable bonds is 7. The summed E-state index contributed by atoms with van der Waals surface area (Å²) in [5.41, 5.74) is 1.83. The molecule has 7 heteroatoms. The van der Waals surface area contributed by atoms with Crippen molar-refractivity contribution < 1.29 is 19.1 Å². The molecule has 0 saturated heterocycles. The van der Waals surface area contributed by atoms with Crippen LogP contribution in [0.3, 0.4) is 0 Å². The second kappa shape index (κ2) is 8.26. The van der Waals surface area contributed by atoms with Crippen LogP contribution in [0.4, 0.5) is 0 Å². The van der Waals surface area contributed by atoms with Gasteiger partial charge in [-0.1, -0.05) is 19.1 Å². The lowest BCUT2D eigenvalue weighted by molar-refractivity contribution is -0.137. The molecule has 6 nitrogen and oxygen atoms in total. The Balaban J connectivity index is 2.01. The number of hydrogen-bond donors (Lipinski definition) is 0. The lowest BCUT2D eigenvalue weighted by atomic mass is 10.1. The van der Waals surface area contributed by atoms with Crippen molar-refractivity contribution in [1.82, 2.24) is 9.88 Å². The van der Waals surface area contributed by atoms with E-state index in [2.05, 4.69) is 4.98 Å². The Labute approximate surface area is 162 Å². The highest BCUT2D eigenvalue weighted by Gasteiger charge is 2.39. The first-order valence-electron chi connectivity index (χ1n) is 8.45. The third-order valence-corrected chi connectivity index (χ3v) is 5.11. The predicted octanol–water partition coefficient (Wildman–Crippen LogP) is 3.13. The Kier molecular flexibility index (Phi) is 5.81. The minimum absolute atomic E-state index is 0.191. The van der Waals surface area contributed by atoms with Gasteiger partial charge in [0.2, 0.25) is 0 Å². The van der Waals surface area contributed by atoms with Gasteiger partial charge in [0.15, 0.2) is 11.5 Å². The predicted molar refractivity (Wildman–Crippen MR) is 104 cm³/mol. The number of pyridine rings is 1. The molecule has 0 radical (unpaired) electrons. The van der Waals surface area contributed by atoms with Gasteiger partial charge >= 0.3 is 0 Å². The average Bonchev–Trinajstić information content (AvgIpc) is 2.93. The number of imide groups is 1. The van der Waals surface area contributed by atoms with E-state index >= 15 is 0 Å². The van der Waals surface area contributed by atoms with E-state index in [4.69, 9.17) is 9.47 Å². The van der Waals surface area contributed by atoms with Gasteiger partial charge in [0, 0.05) is 12.4 Å². The Morgan fingerprint density at radius 3 is 2.48 bits per heavy atom. The van der Waals surface area contributed by atoms with E-state index in [1.807, 2.05) is 13.0 Å². The number of amides is 2. The van der Waals surface area contributed by atoms with Crippen molar-refractivity contribution in [2.75, 3.05) is 20.0 Å². The van der Waals surface area contributed by atoms with Crippen LogP contribution in [0.25, 0.3) is 5.57 Å². The van der Waals surface area contributed by atoms with E-state index in [0.29, 0.717) is 33.3 Å². The summed E-state index contributed by atoms with van der Waals surface area (Å²) in [5.74, 6) is 1.17.